The maximum Gasteiger partial charge on any atom is 0.267 e. The van der Waals surface area contributed by atoms with Crippen LogP contribution < -0.4 is 20.9 Å². The molecule has 0 saturated heterocycles. The van der Waals surface area contributed by atoms with Gasteiger partial charge in [0.2, 0.25) is 11.9 Å². The molecule has 41 heavy (non-hydrogen) atoms. The normalized spacial score (nSPS) is 12.8. The van der Waals surface area contributed by atoms with Crippen molar-refractivity contribution in [3.63, 3.8) is 0 Å². The smallest absolute Gasteiger partial charge is 0.267 e. The van der Waals surface area contributed by atoms with Crippen LogP contribution in [0.3, 0.4) is 0 Å². The molecule has 3 heterocycles. The molecular weight excluding hydrogens is 539 g/mol. The maximum absolute atomic E-state index is 14.9. The largest absolute Gasteiger partial charge is 0.453 e. The van der Waals surface area contributed by atoms with E-state index in [1.165, 1.54) is 77.6 Å². The first kappa shape index (κ1) is 25.9. The van der Waals surface area contributed by atoms with E-state index in [4.69, 9.17) is 4.74 Å². The van der Waals surface area contributed by atoms with Crippen LogP contribution in [-0.4, -0.2) is 25.8 Å². The summed E-state index contributed by atoms with van der Waals surface area (Å²) in [5.41, 5.74) is -0.204. The predicted molar refractivity (Wildman–Crippen MR) is 143 cm³/mol. The van der Waals surface area contributed by atoms with Gasteiger partial charge in [0.25, 0.3) is 11.5 Å². The molecule has 1 saturated carbocycles. The molecular formula is C29H20F3N5O4. The first-order valence-corrected chi connectivity index (χ1v) is 12.5. The number of benzene rings is 2. The summed E-state index contributed by atoms with van der Waals surface area (Å²) in [5.74, 6) is -3.59. The topological polar surface area (TPSA) is 107 Å². The highest BCUT2D eigenvalue weighted by Crippen LogP contribution is 2.31. The molecule has 6 rings (SSSR count). The summed E-state index contributed by atoms with van der Waals surface area (Å²) in [6.07, 6.45) is 4.23. The van der Waals surface area contributed by atoms with Gasteiger partial charge in [0, 0.05) is 29.6 Å². The molecule has 3 aromatic heterocycles. The third-order valence-corrected chi connectivity index (χ3v) is 6.44. The molecule has 206 valence electrons. The molecule has 1 aliphatic rings. The number of halogens is 3. The van der Waals surface area contributed by atoms with Crippen LogP contribution in [0.15, 0.2) is 83.9 Å². The van der Waals surface area contributed by atoms with Crippen LogP contribution in [0.4, 0.5) is 24.7 Å². The zero-order valence-electron chi connectivity index (χ0n) is 21.1. The molecule has 0 radical (unpaired) electrons. The van der Waals surface area contributed by atoms with Crippen molar-refractivity contribution in [1.29, 1.82) is 0 Å². The minimum absolute atomic E-state index is 0.0589. The lowest BCUT2D eigenvalue weighted by molar-refractivity contribution is -0.117. The molecule has 0 atom stereocenters. The Morgan fingerprint density at radius 2 is 1.73 bits per heavy atom. The fraction of sp³-hybridized carbons (Fsp3) is 0.103. The number of rotatable bonds is 7. The second kappa shape index (κ2) is 10.3. The number of aromatic nitrogens is 3. The van der Waals surface area contributed by atoms with E-state index in [-0.39, 0.29) is 46.0 Å². The molecule has 0 spiro atoms. The summed E-state index contributed by atoms with van der Waals surface area (Å²) in [6.45, 7) is 0. The van der Waals surface area contributed by atoms with E-state index >= 15 is 0 Å². The van der Waals surface area contributed by atoms with Crippen LogP contribution in [0.2, 0.25) is 0 Å². The quantitative estimate of drug-likeness (QED) is 0.282. The fourth-order valence-corrected chi connectivity index (χ4v) is 4.16. The van der Waals surface area contributed by atoms with Gasteiger partial charge in [-0.3, -0.25) is 23.4 Å². The van der Waals surface area contributed by atoms with Gasteiger partial charge in [0.05, 0.1) is 6.20 Å². The number of nitrogens with one attached hydrogen (secondary N) is 2. The first-order chi connectivity index (χ1) is 19.8. The van der Waals surface area contributed by atoms with Crippen molar-refractivity contribution < 1.29 is 27.5 Å². The Labute approximate surface area is 229 Å². The van der Waals surface area contributed by atoms with E-state index in [0.717, 1.165) is 23.3 Å². The highest BCUT2D eigenvalue weighted by Gasteiger charge is 2.31. The third-order valence-electron chi connectivity index (χ3n) is 6.44. The van der Waals surface area contributed by atoms with Crippen molar-refractivity contribution >= 4 is 29.0 Å². The van der Waals surface area contributed by atoms with Gasteiger partial charge in [-0.2, -0.15) is 4.39 Å². The van der Waals surface area contributed by atoms with Crippen LogP contribution >= 0.6 is 0 Å². The number of nitrogens with zero attached hydrogens (tertiary/aromatic N) is 3. The van der Waals surface area contributed by atoms with Crippen molar-refractivity contribution in [1.82, 2.24) is 14.0 Å². The zero-order valence-corrected chi connectivity index (χ0v) is 21.1. The number of carbonyl (C=O) groups is 2. The van der Waals surface area contributed by atoms with E-state index in [9.17, 15) is 27.6 Å². The van der Waals surface area contributed by atoms with E-state index in [0.29, 0.717) is 5.69 Å². The van der Waals surface area contributed by atoms with E-state index in [2.05, 4.69) is 15.6 Å². The van der Waals surface area contributed by atoms with Crippen LogP contribution in [0.5, 0.6) is 11.5 Å². The van der Waals surface area contributed by atoms with Gasteiger partial charge in [-0.25, -0.2) is 13.8 Å². The van der Waals surface area contributed by atoms with Crippen molar-refractivity contribution in [3.8, 4) is 17.2 Å². The Bertz CT molecular complexity index is 1880. The molecule has 0 aliphatic heterocycles. The molecule has 9 nitrogen and oxygen atoms in total. The second-order valence-corrected chi connectivity index (χ2v) is 9.38. The molecule has 1 fully saturated rings. The molecule has 5 aromatic rings. The monoisotopic (exact) mass is 559 g/mol. The molecule has 2 aromatic carbocycles. The van der Waals surface area contributed by atoms with Crippen LogP contribution in [0, 0.1) is 23.5 Å². The van der Waals surface area contributed by atoms with Gasteiger partial charge in [0.15, 0.2) is 17.4 Å². The maximum atomic E-state index is 14.9. The Morgan fingerprint density at radius 3 is 2.46 bits per heavy atom. The molecule has 0 bridgehead atoms. The van der Waals surface area contributed by atoms with Crippen molar-refractivity contribution in [2.45, 2.75) is 12.8 Å². The van der Waals surface area contributed by atoms with Crippen LogP contribution in [-0.2, 0) is 4.79 Å². The number of ether oxygens (including phenoxy) is 1. The Kier molecular flexibility index (Phi) is 6.50. The van der Waals surface area contributed by atoms with Crippen molar-refractivity contribution in [2.75, 3.05) is 10.6 Å². The number of hydrogen-bond acceptors (Lipinski definition) is 5. The van der Waals surface area contributed by atoms with Gasteiger partial charge in [0.1, 0.15) is 22.8 Å². The van der Waals surface area contributed by atoms with E-state index in [1.807, 2.05) is 0 Å². The summed E-state index contributed by atoms with van der Waals surface area (Å²) >= 11 is 0. The number of hydrogen-bond donors (Lipinski definition) is 2. The molecule has 2 amide bonds. The average molecular weight is 560 g/mol. The molecule has 2 N–H and O–H groups in total. The van der Waals surface area contributed by atoms with E-state index in [1.54, 1.807) is 0 Å². The zero-order chi connectivity index (χ0) is 28.7. The average Bonchev–Trinajstić information content (AvgIpc) is 3.77. The number of pyridine rings is 2. The fourth-order valence-electron chi connectivity index (χ4n) is 4.16. The Hall–Kier alpha value is -5.39. The molecule has 1 aliphatic carbocycles. The molecule has 0 unspecified atom stereocenters. The predicted octanol–water partition coefficient (Wildman–Crippen LogP) is 5.30. The Morgan fingerprint density at radius 1 is 0.951 bits per heavy atom. The number of fused-ring (bicyclic) bond motifs is 1. The lowest BCUT2D eigenvalue weighted by atomic mass is 10.2. The minimum Gasteiger partial charge on any atom is -0.453 e. The summed E-state index contributed by atoms with van der Waals surface area (Å²) in [5, 5.41) is 4.95. The second-order valence-electron chi connectivity index (χ2n) is 9.38. The standard InChI is InChI=1S/C29H20F3N5O4/c30-17-5-8-19(9-6-17)36-13-1-2-21(29(36)40)28(39)33-18-7-11-23(22(31)14-18)41-20-10-12-24-34-26(25(32)37(24)15-20)35-27(38)16-3-4-16/h1-2,5-16H,3-4H2,(H,33,39)(H,35,38). The van der Waals surface area contributed by atoms with Crippen LogP contribution in [0.25, 0.3) is 11.3 Å². The summed E-state index contributed by atoms with van der Waals surface area (Å²) < 4.78 is 50.8. The van der Waals surface area contributed by atoms with Crippen molar-refractivity contribution in [2.24, 2.45) is 5.92 Å². The highest BCUT2D eigenvalue weighted by atomic mass is 19.1. The summed E-state index contributed by atoms with van der Waals surface area (Å²) in [4.78, 5) is 41.7. The number of imidazole rings is 1. The van der Waals surface area contributed by atoms with Gasteiger partial charge in [-0.1, -0.05) is 0 Å². The molecule has 12 heteroatoms. The third kappa shape index (κ3) is 5.26. The SMILES string of the molecule is O=C(Nc1ccc(Oc2ccc3nc(NC(=O)C4CC4)c(F)n3c2)c(F)c1)c1cccn(-c2ccc(F)cc2)c1=O. The number of amides is 2. The Balaban J connectivity index is 1.17. The summed E-state index contributed by atoms with van der Waals surface area (Å²) in [7, 11) is 0. The minimum atomic E-state index is -0.830. The number of anilines is 2. The summed E-state index contributed by atoms with van der Waals surface area (Å²) in [6, 6.07) is 14.6. The van der Waals surface area contributed by atoms with Gasteiger partial charge >= 0.3 is 0 Å². The van der Waals surface area contributed by atoms with Gasteiger partial charge in [-0.15, -0.1) is 0 Å². The van der Waals surface area contributed by atoms with Gasteiger partial charge < -0.3 is 15.4 Å². The highest BCUT2D eigenvalue weighted by molar-refractivity contribution is 6.04. The lowest BCUT2D eigenvalue weighted by Gasteiger charge is -2.11. The lowest BCUT2D eigenvalue weighted by Crippen LogP contribution is -2.27. The number of carbonyl (C=O) groups excluding carboxylic acids is 2. The van der Waals surface area contributed by atoms with Crippen molar-refractivity contribution in [3.05, 3.63) is 113 Å². The van der Waals surface area contributed by atoms with E-state index < -0.39 is 29.0 Å². The first-order valence-electron chi connectivity index (χ1n) is 12.5. The van der Waals surface area contributed by atoms with Gasteiger partial charge in [-0.05, 0) is 73.5 Å². The van der Waals surface area contributed by atoms with Crippen LogP contribution in [0.1, 0.15) is 23.2 Å².